The molecule has 1 aromatic rings. The molecule has 0 radical (unpaired) electrons. The summed E-state index contributed by atoms with van der Waals surface area (Å²) in [5, 5.41) is 16.9. The molecule has 6 nitrogen and oxygen atoms in total. The first-order valence-electron chi connectivity index (χ1n) is 5.48. The molecule has 1 aromatic heterocycles. The molecule has 0 aromatic carbocycles. The van der Waals surface area contributed by atoms with Crippen LogP contribution in [0.25, 0.3) is 0 Å². The van der Waals surface area contributed by atoms with Gasteiger partial charge in [0.15, 0.2) is 0 Å². The molecule has 1 saturated heterocycles. The van der Waals surface area contributed by atoms with Gasteiger partial charge in [0.2, 0.25) is 0 Å². The monoisotopic (exact) mass is 224 g/mol. The lowest BCUT2D eigenvalue weighted by atomic mass is 10.0. The van der Waals surface area contributed by atoms with Crippen LogP contribution >= 0.6 is 0 Å². The third-order valence-electron chi connectivity index (χ3n) is 3.05. The summed E-state index contributed by atoms with van der Waals surface area (Å²) < 4.78 is 1.83. The summed E-state index contributed by atoms with van der Waals surface area (Å²) in [7, 11) is 1.87. The van der Waals surface area contributed by atoms with Crippen LogP contribution in [0.4, 0.5) is 0 Å². The Morgan fingerprint density at radius 1 is 1.62 bits per heavy atom. The van der Waals surface area contributed by atoms with Gasteiger partial charge in [-0.25, -0.2) is 0 Å². The van der Waals surface area contributed by atoms with Crippen LogP contribution in [0.5, 0.6) is 0 Å². The quantitative estimate of drug-likeness (QED) is 0.797. The molecule has 0 spiro atoms. The molecule has 1 N–H and O–H groups in total. The summed E-state index contributed by atoms with van der Waals surface area (Å²) in [5.74, 6) is 0.0787. The average Bonchev–Trinajstić information content (AvgIpc) is 2.65. The van der Waals surface area contributed by atoms with Gasteiger partial charge in [-0.2, -0.15) is 0 Å². The number of carboxylic acids is 1. The number of aliphatic carboxylic acids is 1. The van der Waals surface area contributed by atoms with Gasteiger partial charge in [0.25, 0.3) is 0 Å². The Kier molecular flexibility index (Phi) is 3.19. The number of likely N-dealkylation sites (tertiary alicyclic amines) is 1. The van der Waals surface area contributed by atoms with Crippen molar-refractivity contribution in [2.24, 2.45) is 7.05 Å². The standard InChI is InChI=1S/C10H16N4O2/c1-13-7-11-12-9(13)6-14-5-3-2-4-8(14)10(15)16/h7-8H,2-6H2,1H3,(H,15,16). The molecule has 2 heterocycles. The minimum atomic E-state index is -0.734. The number of nitrogens with zero attached hydrogens (tertiary/aromatic N) is 4. The molecule has 1 fully saturated rings. The second-order valence-corrected chi connectivity index (χ2v) is 4.18. The molecule has 88 valence electrons. The molecule has 1 aliphatic heterocycles. The second-order valence-electron chi connectivity index (χ2n) is 4.18. The fourth-order valence-electron chi connectivity index (χ4n) is 2.09. The number of piperidine rings is 1. The van der Waals surface area contributed by atoms with Crippen LogP contribution in [0.3, 0.4) is 0 Å². The molecular weight excluding hydrogens is 208 g/mol. The highest BCUT2D eigenvalue weighted by atomic mass is 16.4. The zero-order valence-corrected chi connectivity index (χ0v) is 9.33. The predicted molar refractivity (Wildman–Crippen MR) is 56.7 cm³/mol. The van der Waals surface area contributed by atoms with Crippen LogP contribution in [-0.2, 0) is 18.4 Å². The normalized spacial score (nSPS) is 22.2. The number of aryl methyl sites for hydroxylation is 1. The van der Waals surface area contributed by atoms with Gasteiger partial charge in [-0.1, -0.05) is 6.42 Å². The van der Waals surface area contributed by atoms with E-state index in [9.17, 15) is 4.79 Å². The first-order valence-corrected chi connectivity index (χ1v) is 5.48. The molecule has 0 bridgehead atoms. The number of hydrogen-bond acceptors (Lipinski definition) is 4. The van der Waals surface area contributed by atoms with Crippen molar-refractivity contribution in [1.29, 1.82) is 0 Å². The Morgan fingerprint density at radius 2 is 2.44 bits per heavy atom. The van der Waals surface area contributed by atoms with Crippen LogP contribution in [0, 0.1) is 0 Å². The van der Waals surface area contributed by atoms with Crippen LogP contribution in [0.15, 0.2) is 6.33 Å². The highest BCUT2D eigenvalue weighted by Crippen LogP contribution is 2.18. The first-order chi connectivity index (χ1) is 7.68. The Balaban J connectivity index is 2.07. The summed E-state index contributed by atoms with van der Waals surface area (Å²) in [6, 6.07) is -0.370. The third-order valence-corrected chi connectivity index (χ3v) is 3.05. The Labute approximate surface area is 93.9 Å². The van der Waals surface area contributed by atoms with Crippen molar-refractivity contribution in [2.75, 3.05) is 6.54 Å². The third kappa shape index (κ3) is 2.21. The number of hydrogen-bond donors (Lipinski definition) is 1. The molecule has 1 unspecified atom stereocenters. The van der Waals surface area contributed by atoms with Crippen LogP contribution < -0.4 is 0 Å². The lowest BCUT2D eigenvalue weighted by Gasteiger charge is -2.32. The van der Waals surface area contributed by atoms with Gasteiger partial charge in [0.1, 0.15) is 18.2 Å². The summed E-state index contributed by atoms with van der Waals surface area (Å²) in [4.78, 5) is 13.1. The van der Waals surface area contributed by atoms with E-state index in [1.54, 1.807) is 6.33 Å². The van der Waals surface area contributed by atoms with Crippen molar-refractivity contribution >= 4 is 5.97 Å². The molecule has 0 saturated carbocycles. The summed E-state index contributed by atoms with van der Waals surface area (Å²) in [6.07, 6.45) is 4.41. The predicted octanol–water partition coefficient (Wildman–Crippen LogP) is 0.254. The van der Waals surface area contributed by atoms with Crippen molar-refractivity contribution in [1.82, 2.24) is 19.7 Å². The minimum absolute atomic E-state index is 0.370. The summed E-state index contributed by atoms with van der Waals surface area (Å²) in [6.45, 7) is 1.39. The van der Waals surface area contributed by atoms with Gasteiger partial charge in [-0.05, 0) is 19.4 Å². The Hall–Kier alpha value is -1.43. The Bertz CT molecular complexity index is 377. The van der Waals surface area contributed by atoms with Crippen molar-refractivity contribution in [3.05, 3.63) is 12.2 Å². The van der Waals surface area contributed by atoms with Gasteiger partial charge < -0.3 is 9.67 Å². The average molecular weight is 224 g/mol. The van der Waals surface area contributed by atoms with Crippen LogP contribution in [0.2, 0.25) is 0 Å². The van der Waals surface area contributed by atoms with E-state index in [-0.39, 0.29) is 6.04 Å². The second kappa shape index (κ2) is 4.61. The molecule has 2 rings (SSSR count). The van der Waals surface area contributed by atoms with E-state index in [4.69, 9.17) is 5.11 Å². The zero-order valence-electron chi connectivity index (χ0n) is 9.33. The van der Waals surface area contributed by atoms with Gasteiger partial charge >= 0.3 is 5.97 Å². The Morgan fingerprint density at radius 3 is 3.06 bits per heavy atom. The molecule has 16 heavy (non-hydrogen) atoms. The van der Waals surface area contributed by atoms with Crippen molar-refractivity contribution in [3.8, 4) is 0 Å². The van der Waals surface area contributed by atoms with E-state index in [1.807, 2.05) is 16.5 Å². The van der Waals surface area contributed by atoms with E-state index in [1.165, 1.54) is 0 Å². The largest absolute Gasteiger partial charge is 0.480 e. The molecule has 0 amide bonds. The minimum Gasteiger partial charge on any atom is -0.480 e. The summed E-state index contributed by atoms with van der Waals surface area (Å²) >= 11 is 0. The van der Waals surface area contributed by atoms with E-state index in [2.05, 4.69) is 10.2 Å². The number of carbonyl (C=O) groups is 1. The maximum atomic E-state index is 11.1. The summed E-state index contributed by atoms with van der Waals surface area (Å²) in [5.41, 5.74) is 0. The fourth-order valence-corrected chi connectivity index (χ4v) is 2.09. The maximum Gasteiger partial charge on any atom is 0.320 e. The van der Waals surface area contributed by atoms with E-state index in [0.717, 1.165) is 31.6 Å². The highest BCUT2D eigenvalue weighted by Gasteiger charge is 2.29. The first kappa shape index (κ1) is 11.1. The molecular formula is C10H16N4O2. The number of rotatable bonds is 3. The molecule has 1 atom stereocenters. The SMILES string of the molecule is Cn1cnnc1CN1CCCCC1C(=O)O. The lowest BCUT2D eigenvalue weighted by molar-refractivity contribution is -0.144. The van der Waals surface area contributed by atoms with E-state index < -0.39 is 5.97 Å². The van der Waals surface area contributed by atoms with E-state index >= 15 is 0 Å². The zero-order chi connectivity index (χ0) is 11.5. The fraction of sp³-hybridized carbons (Fsp3) is 0.700. The number of carboxylic acid groups (broad SMARTS) is 1. The van der Waals surface area contributed by atoms with Crippen molar-refractivity contribution in [2.45, 2.75) is 31.8 Å². The van der Waals surface area contributed by atoms with E-state index in [0.29, 0.717) is 6.54 Å². The topological polar surface area (TPSA) is 71.2 Å². The molecule has 6 heteroatoms. The maximum absolute atomic E-state index is 11.1. The van der Waals surface area contributed by atoms with Crippen molar-refractivity contribution in [3.63, 3.8) is 0 Å². The lowest BCUT2D eigenvalue weighted by Crippen LogP contribution is -2.44. The smallest absolute Gasteiger partial charge is 0.320 e. The molecule has 0 aliphatic carbocycles. The van der Waals surface area contributed by atoms with Gasteiger partial charge in [-0.15, -0.1) is 10.2 Å². The van der Waals surface area contributed by atoms with Crippen LogP contribution in [-0.4, -0.2) is 43.3 Å². The highest BCUT2D eigenvalue weighted by molar-refractivity contribution is 5.73. The number of aromatic nitrogens is 3. The van der Waals surface area contributed by atoms with Gasteiger partial charge in [0.05, 0.1) is 6.54 Å². The molecule has 1 aliphatic rings. The van der Waals surface area contributed by atoms with Gasteiger partial charge in [0, 0.05) is 7.05 Å². The van der Waals surface area contributed by atoms with Crippen molar-refractivity contribution < 1.29 is 9.90 Å². The van der Waals surface area contributed by atoms with Gasteiger partial charge in [-0.3, -0.25) is 9.69 Å². The van der Waals surface area contributed by atoms with Crippen LogP contribution in [0.1, 0.15) is 25.1 Å².